The zero-order chi connectivity index (χ0) is 13.0. The SMILES string of the molecule is O=C(NCCc1nccs1)c1cc(Cl)nc(Cl)c1. The van der Waals surface area contributed by atoms with Crippen molar-refractivity contribution in [2.75, 3.05) is 6.54 Å². The van der Waals surface area contributed by atoms with Gasteiger partial charge in [0.25, 0.3) is 5.91 Å². The van der Waals surface area contributed by atoms with E-state index in [4.69, 9.17) is 23.2 Å². The number of aromatic nitrogens is 2. The Balaban J connectivity index is 1.91. The number of pyridine rings is 1. The summed E-state index contributed by atoms with van der Waals surface area (Å²) in [7, 11) is 0. The third-order valence-corrected chi connectivity index (χ3v) is 3.36. The molecule has 4 nitrogen and oxygen atoms in total. The normalized spacial score (nSPS) is 10.3. The molecule has 0 unspecified atom stereocenters. The lowest BCUT2D eigenvalue weighted by Crippen LogP contribution is -2.25. The summed E-state index contributed by atoms with van der Waals surface area (Å²) in [6, 6.07) is 2.96. The summed E-state index contributed by atoms with van der Waals surface area (Å²) in [5, 5.41) is 6.07. The molecule has 2 heterocycles. The first-order valence-corrected chi connectivity index (χ1v) is 6.78. The van der Waals surface area contributed by atoms with Gasteiger partial charge in [-0.15, -0.1) is 11.3 Å². The molecule has 0 radical (unpaired) electrons. The van der Waals surface area contributed by atoms with Gasteiger partial charge >= 0.3 is 0 Å². The van der Waals surface area contributed by atoms with Crippen LogP contribution in [0.25, 0.3) is 0 Å². The number of nitrogens with zero attached hydrogens (tertiary/aromatic N) is 2. The van der Waals surface area contributed by atoms with Gasteiger partial charge in [-0.05, 0) is 12.1 Å². The van der Waals surface area contributed by atoms with E-state index in [0.717, 1.165) is 5.01 Å². The number of carbonyl (C=O) groups is 1. The van der Waals surface area contributed by atoms with Crippen molar-refractivity contribution in [2.24, 2.45) is 0 Å². The highest BCUT2D eigenvalue weighted by molar-refractivity contribution is 7.09. The van der Waals surface area contributed by atoms with Crippen LogP contribution in [0.4, 0.5) is 0 Å². The van der Waals surface area contributed by atoms with Gasteiger partial charge in [0, 0.05) is 30.1 Å². The maximum Gasteiger partial charge on any atom is 0.251 e. The van der Waals surface area contributed by atoms with Crippen LogP contribution in [0.15, 0.2) is 23.7 Å². The average Bonchev–Trinajstić information content (AvgIpc) is 2.80. The second-order valence-electron chi connectivity index (χ2n) is 3.43. The summed E-state index contributed by atoms with van der Waals surface area (Å²) in [6.45, 7) is 0.518. The molecule has 0 aliphatic carbocycles. The van der Waals surface area contributed by atoms with Crippen LogP contribution in [-0.2, 0) is 6.42 Å². The molecule has 0 fully saturated rings. The quantitative estimate of drug-likeness (QED) is 0.884. The molecule has 0 saturated heterocycles. The molecule has 0 aromatic carbocycles. The van der Waals surface area contributed by atoms with Gasteiger partial charge in [-0.1, -0.05) is 23.2 Å². The minimum Gasteiger partial charge on any atom is -0.352 e. The lowest BCUT2D eigenvalue weighted by Gasteiger charge is -2.04. The Kier molecular flexibility index (Phi) is 4.52. The van der Waals surface area contributed by atoms with Crippen molar-refractivity contribution in [2.45, 2.75) is 6.42 Å². The van der Waals surface area contributed by atoms with Gasteiger partial charge in [-0.2, -0.15) is 0 Å². The van der Waals surface area contributed by atoms with Crippen molar-refractivity contribution < 1.29 is 4.79 Å². The van der Waals surface area contributed by atoms with E-state index in [1.807, 2.05) is 5.38 Å². The largest absolute Gasteiger partial charge is 0.352 e. The van der Waals surface area contributed by atoms with Crippen LogP contribution in [0.5, 0.6) is 0 Å². The van der Waals surface area contributed by atoms with E-state index >= 15 is 0 Å². The van der Waals surface area contributed by atoms with E-state index < -0.39 is 0 Å². The number of hydrogen-bond acceptors (Lipinski definition) is 4. The molecule has 7 heteroatoms. The van der Waals surface area contributed by atoms with Gasteiger partial charge in [-0.3, -0.25) is 4.79 Å². The van der Waals surface area contributed by atoms with Crippen LogP contribution in [-0.4, -0.2) is 22.4 Å². The minimum atomic E-state index is -0.224. The summed E-state index contributed by atoms with van der Waals surface area (Å²) in [6.07, 6.45) is 2.44. The molecular weight excluding hydrogens is 293 g/mol. The van der Waals surface area contributed by atoms with E-state index in [-0.39, 0.29) is 16.2 Å². The predicted molar refractivity (Wildman–Crippen MR) is 72.4 cm³/mol. The smallest absolute Gasteiger partial charge is 0.251 e. The average molecular weight is 302 g/mol. The van der Waals surface area contributed by atoms with Crippen LogP contribution >= 0.6 is 34.5 Å². The Morgan fingerprint density at radius 3 is 2.67 bits per heavy atom. The van der Waals surface area contributed by atoms with Crippen LogP contribution < -0.4 is 5.32 Å². The molecule has 0 spiro atoms. The van der Waals surface area contributed by atoms with E-state index in [1.165, 1.54) is 12.1 Å². The molecule has 1 amide bonds. The molecule has 0 saturated carbocycles. The third kappa shape index (κ3) is 3.66. The number of halogens is 2. The number of thiazole rings is 1. The van der Waals surface area contributed by atoms with Gasteiger partial charge in [0.05, 0.1) is 5.01 Å². The first-order valence-electron chi connectivity index (χ1n) is 5.15. The molecule has 0 bridgehead atoms. The van der Waals surface area contributed by atoms with Crippen molar-refractivity contribution in [1.29, 1.82) is 0 Å². The van der Waals surface area contributed by atoms with E-state index in [1.54, 1.807) is 17.5 Å². The van der Waals surface area contributed by atoms with Gasteiger partial charge in [0.15, 0.2) is 0 Å². The highest BCUT2D eigenvalue weighted by atomic mass is 35.5. The number of amides is 1. The summed E-state index contributed by atoms with van der Waals surface area (Å²) < 4.78 is 0. The standard InChI is InChI=1S/C11H9Cl2N3OS/c12-8-5-7(6-9(13)16-8)11(17)15-2-1-10-14-3-4-18-10/h3-6H,1-2H2,(H,15,17). The third-order valence-electron chi connectivity index (χ3n) is 2.13. The van der Waals surface area contributed by atoms with Crippen molar-refractivity contribution in [3.05, 3.63) is 44.6 Å². The fraction of sp³-hybridized carbons (Fsp3) is 0.182. The molecule has 0 aliphatic heterocycles. The van der Waals surface area contributed by atoms with Crippen LogP contribution in [0, 0.1) is 0 Å². The lowest BCUT2D eigenvalue weighted by molar-refractivity contribution is 0.0954. The minimum absolute atomic E-state index is 0.201. The summed E-state index contributed by atoms with van der Waals surface area (Å²) in [5.74, 6) is -0.224. The van der Waals surface area contributed by atoms with Crippen molar-refractivity contribution in [3.8, 4) is 0 Å². The van der Waals surface area contributed by atoms with Crippen LogP contribution in [0.3, 0.4) is 0 Å². The van der Waals surface area contributed by atoms with Gasteiger partial charge in [0.1, 0.15) is 10.3 Å². The zero-order valence-electron chi connectivity index (χ0n) is 9.19. The topological polar surface area (TPSA) is 54.9 Å². The van der Waals surface area contributed by atoms with E-state index in [2.05, 4.69) is 15.3 Å². The molecule has 2 aromatic heterocycles. The van der Waals surface area contributed by atoms with Gasteiger partial charge in [-0.25, -0.2) is 9.97 Å². The number of hydrogen-bond donors (Lipinski definition) is 1. The monoisotopic (exact) mass is 301 g/mol. The Bertz CT molecular complexity index is 525. The maximum atomic E-state index is 11.8. The Labute approximate surface area is 118 Å². The molecule has 0 aliphatic rings. The maximum absolute atomic E-state index is 11.8. The van der Waals surface area contributed by atoms with Crippen molar-refractivity contribution >= 4 is 40.4 Å². The zero-order valence-corrected chi connectivity index (χ0v) is 11.5. The molecule has 2 rings (SSSR count). The van der Waals surface area contributed by atoms with Crippen molar-refractivity contribution in [1.82, 2.24) is 15.3 Å². The molecule has 0 atom stereocenters. The molecular formula is C11H9Cl2N3OS. The lowest BCUT2D eigenvalue weighted by atomic mass is 10.2. The highest BCUT2D eigenvalue weighted by Gasteiger charge is 2.08. The molecule has 1 N–H and O–H groups in total. The Morgan fingerprint density at radius 2 is 2.06 bits per heavy atom. The number of rotatable bonds is 4. The molecule has 18 heavy (non-hydrogen) atoms. The second kappa shape index (κ2) is 6.13. The second-order valence-corrected chi connectivity index (χ2v) is 5.19. The number of nitrogens with one attached hydrogen (secondary N) is 1. The van der Waals surface area contributed by atoms with Crippen LogP contribution in [0.1, 0.15) is 15.4 Å². The van der Waals surface area contributed by atoms with Crippen molar-refractivity contribution in [3.63, 3.8) is 0 Å². The van der Waals surface area contributed by atoms with Crippen LogP contribution in [0.2, 0.25) is 10.3 Å². The van der Waals surface area contributed by atoms with E-state index in [0.29, 0.717) is 18.5 Å². The van der Waals surface area contributed by atoms with E-state index in [9.17, 15) is 4.79 Å². The number of carbonyl (C=O) groups excluding carboxylic acids is 1. The Morgan fingerprint density at radius 1 is 1.33 bits per heavy atom. The fourth-order valence-electron chi connectivity index (χ4n) is 1.36. The summed E-state index contributed by atoms with van der Waals surface area (Å²) in [4.78, 5) is 19.7. The van der Waals surface area contributed by atoms with Gasteiger partial charge < -0.3 is 5.32 Å². The fourth-order valence-corrected chi connectivity index (χ4v) is 2.44. The predicted octanol–water partition coefficient (Wildman–Crippen LogP) is 2.82. The summed E-state index contributed by atoms with van der Waals surface area (Å²) in [5.41, 5.74) is 0.402. The summed E-state index contributed by atoms with van der Waals surface area (Å²) >= 11 is 13.0. The van der Waals surface area contributed by atoms with Gasteiger partial charge in [0.2, 0.25) is 0 Å². The highest BCUT2D eigenvalue weighted by Crippen LogP contribution is 2.14. The first kappa shape index (κ1) is 13.3. The first-order chi connectivity index (χ1) is 8.65. The Hall–Kier alpha value is -1.17. The molecule has 94 valence electrons. The molecule has 2 aromatic rings.